The van der Waals surface area contributed by atoms with E-state index in [1.807, 2.05) is 0 Å². The van der Waals surface area contributed by atoms with Gasteiger partial charge in [-0.05, 0) is 6.42 Å². The number of nitrogens with two attached hydrogens (primary N) is 1. The maximum atomic E-state index is 11.5. The molecule has 0 spiro atoms. The quantitative estimate of drug-likeness (QED) is 0.654. The molecule has 14 heavy (non-hydrogen) atoms. The Morgan fingerprint density at radius 1 is 1.64 bits per heavy atom. The van der Waals surface area contributed by atoms with Crippen LogP contribution in [0.15, 0.2) is 0 Å². The molecule has 0 saturated carbocycles. The van der Waals surface area contributed by atoms with Crippen LogP contribution in [0.4, 0.5) is 0 Å². The summed E-state index contributed by atoms with van der Waals surface area (Å²) in [6.07, 6.45) is 2.38. The molecule has 1 rings (SSSR count). The number of likely N-dealkylation sites (tertiary alicyclic amines) is 1. The third-order valence-electron chi connectivity index (χ3n) is 2.66. The van der Waals surface area contributed by atoms with Gasteiger partial charge in [0.25, 0.3) is 0 Å². The summed E-state index contributed by atoms with van der Waals surface area (Å²) in [6, 6.07) is 0.000626. The SMILES string of the molecule is CCCC(N)CC(=O)N1CC(CO)C1. The lowest BCUT2D eigenvalue weighted by molar-refractivity contribution is -0.138. The van der Waals surface area contributed by atoms with E-state index in [4.69, 9.17) is 10.8 Å². The minimum absolute atomic E-state index is 0.000626. The average Bonchev–Trinajstić information content (AvgIpc) is 2.02. The summed E-state index contributed by atoms with van der Waals surface area (Å²) in [5.74, 6) is 0.428. The lowest BCUT2D eigenvalue weighted by atomic mass is 9.99. The molecule has 0 bridgehead atoms. The van der Waals surface area contributed by atoms with E-state index in [9.17, 15) is 4.79 Å². The van der Waals surface area contributed by atoms with E-state index in [2.05, 4.69) is 6.92 Å². The summed E-state index contributed by atoms with van der Waals surface area (Å²) in [7, 11) is 0. The van der Waals surface area contributed by atoms with Gasteiger partial charge in [0.15, 0.2) is 0 Å². The molecule has 1 heterocycles. The maximum Gasteiger partial charge on any atom is 0.224 e. The predicted octanol–water partition coefficient (Wildman–Crippen LogP) is -0.0454. The molecule has 4 nitrogen and oxygen atoms in total. The van der Waals surface area contributed by atoms with Crippen molar-refractivity contribution >= 4 is 5.91 Å². The summed E-state index contributed by atoms with van der Waals surface area (Å²) in [5.41, 5.74) is 5.77. The normalized spacial score (nSPS) is 19.2. The van der Waals surface area contributed by atoms with Crippen molar-refractivity contribution in [1.82, 2.24) is 4.90 Å². The fraction of sp³-hybridized carbons (Fsp3) is 0.900. The average molecular weight is 200 g/mol. The van der Waals surface area contributed by atoms with Gasteiger partial charge in [-0.2, -0.15) is 0 Å². The molecule has 1 aliphatic heterocycles. The molecule has 0 aromatic rings. The summed E-state index contributed by atoms with van der Waals surface area (Å²) in [6.45, 7) is 3.66. The van der Waals surface area contributed by atoms with Crippen molar-refractivity contribution in [3.05, 3.63) is 0 Å². The van der Waals surface area contributed by atoms with Crippen LogP contribution in [-0.2, 0) is 4.79 Å². The topological polar surface area (TPSA) is 66.6 Å². The van der Waals surface area contributed by atoms with Gasteiger partial charge in [-0.15, -0.1) is 0 Å². The number of hydrogen-bond acceptors (Lipinski definition) is 3. The molecule has 0 aliphatic carbocycles. The maximum absolute atomic E-state index is 11.5. The molecular formula is C10H20N2O2. The van der Waals surface area contributed by atoms with Gasteiger partial charge < -0.3 is 15.7 Å². The standard InChI is InChI=1S/C10H20N2O2/c1-2-3-9(11)4-10(14)12-5-8(6-12)7-13/h8-9,13H,2-7,11H2,1H3. The molecule has 0 aromatic carbocycles. The Morgan fingerprint density at radius 2 is 2.29 bits per heavy atom. The van der Waals surface area contributed by atoms with E-state index in [0.29, 0.717) is 25.4 Å². The Morgan fingerprint density at radius 3 is 2.79 bits per heavy atom. The molecular weight excluding hydrogens is 180 g/mol. The van der Waals surface area contributed by atoms with Crippen LogP contribution in [0.1, 0.15) is 26.2 Å². The second-order valence-electron chi connectivity index (χ2n) is 4.10. The van der Waals surface area contributed by atoms with Crippen molar-refractivity contribution in [1.29, 1.82) is 0 Å². The largest absolute Gasteiger partial charge is 0.396 e. The van der Waals surface area contributed by atoms with E-state index in [1.54, 1.807) is 4.90 Å². The highest BCUT2D eigenvalue weighted by molar-refractivity contribution is 5.77. The fourth-order valence-corrected chi connectivity index (χ4v) is 1.72. The van der Waals surface area contributed by atoms with Gasteiger partial charge in [0, 0.05) is 38.1 Å². The van der Waals surface area contributed by atoms with Crippen LogP contribution in [0.3, 0.4) is 0 Å². The molecule has 0 radical (unpaired) electrons. The number of nitrogens with zero attached hydrogens (tertiary/aromatic N) is 1. The Hall–Kier alpha value is -0.610. The lowest BCUT2D eigenvalue weighted by Gasteiger charge is -2.38. The zero-order chi connectivity index (χ0) is 10.6. The zero-order valence-electron chi connectivity index (χ0n) is 8.78. The summed E-state index contributed by atoms with van der Waals surface area (Å²) < 4.78 is 0. The van der Waals surface area contributed by atoms with Gasteiger partial charge in [0.2, 0.25) is 5.91 Å². The van der Waals surface area contributed by atoms with Crippen molar-refractivity contribution in [2.45, 2.75) is 32.2 Å². The van der Waals surface area contributed by atoms with Gasteiger partial charge in [-0.1, -0.05) is 13.3 Å². The molecule has 82 valence electrons. The number of aliphatic hydroxyl groups is 1. The first kappa shape index (κ1) is 11.5. The van der Waals surface area contributed by atoms with Crippen LogP contribution in [0.5, 0.6) is 0 Å². The minimum Gasteiger partial charge on any atom is -0.396 e. The van der Waals surface area contributed by atoms with Crippen molar-refractivity contribution in [3.63, 3.8) is 0 Å². The van der Waals surface area contributed by atoms with Crippen molar-refractivity contribution in [2.75, 3.05) is 19.7 Å². The lowest BCUT2D eigenvalue weighted by Crippen LogP contribution is -2.52. The molecule has 1 fully saturated rings. The highest BCUT2D eigenvalue weighted by atomic mass is 16.3. The first-order chi connectivity index (χ1) is 6.67. The fourth-order valence-electron chi connectivity index (χ4n) is 1.72. The Labute approximate surface area is 85.1 Å². The van der Waals surface area contributed by atoms with E-state index >= 15 is 0 Å². The predicted molar refractivity (Wildman–Crippen MR) is 54.7 cm³/mol. The van der Waals surface area contributed by atoms with Crippen LogP contribution in [0.25, 0.3) is 0 Å². The highest BCUT2D eigenvalue weighted by Gasteiger charge is 2.30. The number of amides is 1. The second kappa shape index (κ2) is 5.32. The van der Waals surface area contributed by atoms with E-state index < -0.39 is 0 Å². The number of carbonyl (C=O) groups is 1. The van der Waals surface area contributed by atoms with Crippen LogP contribution in [0, 0.1) is 5.92 Å². The first-order valence-electron chi connectivity index (χ1n) is 5.31. The molecule has 1 amide bonds. The third kappa shape index (κ3) is 2.96. The smallest absolute Gasteiger partial charge is 0.224 e. The molecule has 4 heteroatoms. The van der Waals surface area contributed by atoms with E-state index in [0.717, 1.165) is 12.8 Å². The Kier molecular flexibility index (Phi) is 4.35. The van der Waals surface area contributed by atoms with Gasteiger partial charge in [0.05, 0.1) is 0 Å². The number of rotatable bonds is 5. The zero-order valence-corrected chi connectivity index (χ0v) is 8.78. The minimum atomic E-state index is 0.000626. The van der Waals surface area contributed by atoms with Crippen molar-refractivity contribution in [2.24, 2.45) is 11.7 Å². The van der Waals surface area contributed by atoms with Crippen LogP contribution in [-0.4, -0.2) is 41.7 Å². The van der Waals surface area contributed by atoms with Gasteiger partial charge >= 0.3 is 0 Å². The number of carbonyl (C=O) groups excluding carboxylic acids is 1. The molecule has 3 N–H and O–H groups in total. The van der Waals surface area contributed by atoms with Crippen LogP contribution >= 0.6 is 0 Å². The van der Waals surface area contributed by atoms with Gasteiger partial charge in [-0.25, -0.2) is 0 Å². The Bertz CT molecular complexity index is 191. The van der Waals surface area contributed by atoms with E-state index in [1.165, 1.54) is 0 Å². The molecule has 1 atom stereocenters. The van der Waals surface area contributed by atoms with Gasteiger partial charge in [0.1, 0.15) is 0 Å². The molecule has 1 aliphatic rings. The van der Waals surface area contributed by atoms with Crippen molar-refractivity contribution in [3.8, 4) is 0 Å². The molecule has 0 aromatic heterocycles. The molecule has 1 unspecified atom stereocenters. The van der Waals surface area contributed by atoms with Crippen LogP contribution < -0.4 is 5.73 Å². The summed E-state index contributed by atoms with van der Waals surface area (Å²) in [4.78, 5) is 13.3. The van der Waals surface area contributed by atoms with Gasteiger partial charge in [-0.3, -0.25) is 4.79 Å². The summed E-state index contributed by atoms with van der Waals surface area (Å²) in [5, 5.41) is 8.79. The van der Waals surface area contributed by atoms with Crippen molar-refractivity contribution < 1.29 is 9.90 Å². The monoisotopic (exact) mass is 200 g/mol. The summed E-state index contributed by atoms with van der Waals surface area (Å²) >= 11 is 0. The van der Waals surface area contributed by atoms with E-state index in [-0.39, 0.29) is 18.6 Å². The highest BCUT2D eigenvalue weighted by Crippen LogP contribution is 2.16. The number of hydrogen-bond donors (Lipinski definition) is 2. The molecule has 1 saturated heterocycles. The second-order valence-corrected chi connectivity index (χ2v) is 4.10. The number of aliphatic hydroxyl groups excluding tert-OH is 1. The third-order valence-corrected chi connectivity index (χ3v) is 2.66. The Balaban J connectivity index is 2.17. The van der Waals surface area contributed by atoms with Crippen LogP contribution in [0.2, 0.25) is 0 Å². The first-order valence-corrected chi connectivity index (χ1v) is 5.31.